The average Bonchev–Trinajstić information content (AvgIpc) is 3.28. The van der Waals surface area contributed by atoms with E-state index in [9.17, 15) is 14.4 Å². The first-order chi connectivity index (χ1) is 18.9. The molecule has 2 heterocycles. The molecule has 2 aliphatic rings. The molecule has 0 radical (unpaired) electrons. The number of amides is 2. The van der Waals surface area contributed by atoms with E-state index in [1.54, 1.807) is 11.8 Å². The first kappa shape index (κ1) is 26.4. The van der Waals surface area contributed by atoms with Crippen LogP contribution in [0.15, 0.2) is 89.6 Å². The van der Waals surface area contributed by atoms with Crippen LogP contribution in [0.2, 0.25) is 0 Å². The summed E-state index contributed by atoms with van der Waals surface area (Å²) in [5.41, 5.74) is 4.82. The van der Waals surface area contributed by atoms with Crippen LogP contribution < -0.4 is 9.80 Å². The van der Waals surface area contributed by atoms with Gasteiger partial charge in [0.2, 0.25) is 5.91 Å². The van der Waals surface area contributed by atoms with Crippen molar-refractivity contribution in [2.75, 3.05) is 41.7 Å². The molecule has 1 fully saturated rings. The third-order valence-electron chi connectivity index (χ3n) is 6.92. The van der Waals surface area contributed by atoms with Crippen molar-refractivity contribution >= 4 is 52.0 Å². The monoisotopic (exact) mass is 538 g/mol. The molecule has 7 nitrogen and oxygen atoms in total. The number of ketones is 1. The number of thioether (sulfide) groups is 1. The van der Waals surface area contributed by atoms with Gasteiger partial charge in [-0.15, -0.1) is 0 Å². The van der Waals surface area contributed by atoms with E-state index < -0.39 is 0 Å². The summed E-state index contributed by atoms with van der Waals surface area (Å²) in [6, 6.07) is 24.9. The van der Waals surface area contributed by atoms with Crippen molar-refractivity contribution in [2.24, 2.45) is 4.99 Å². The van der Waals surface area contributed by atoms with Crippen LogP contribution in [-0.4, -0.2) is 59.6 Å². The third-order valence-corrected chi connectivity index (χ3v) is 7.84. The molecule has 0 atom stereocenters. The van der Waals surface area contributed by atoms with Crippen LogP contribution in [0.5, 0.6) is 0 Å². The second-order valence-electron chi connectivity index (χ2n) is 9.52. The van der Waals surface area contributed by atoms with Gasteiger partial charge in [-0.3, -0.25) is 19.3 Å². The highest BCUT2D eigenvalue weighted by molar-refractivity contribution is 8.14. The molecule has 0 unspecified atom stereocenters. The fourth-order valence-corrected chi connectivity index (χ4v) is 5.55. The Morgan fingerprint density at radius 2 is 1.54 bits per heavy atom. The van der Waals surface area contributed by atoms with E-state index in [4.69, 9.17) is 0 Å². The Balaban J connectivity index is 1.25. The summed E-state index contributed by atoms with van der Waals surface area (Å²) < 4.78 is 0. The zero-order chi connectivity index (χ0) is 27.4. The van der Waals surface area contributed by atoms with Gasteiger partial charge < -0.3 is 9.80 Å². The molecular weight excluding hydrogens is 508 g/mol. The Bertz CT molecular complexity index is 1440. The fourth-order valence-electron chi connectivity index (χ4n) is 4.63. The molecule has 2 aliphatic heterocycles. The second kappa shape index (κ2) is 11.7. The number of nitrogens with zero attached hydrogens (tertiary/aromatic N) is 4. The van der Waals surface area contributed by atoms with E-state index >= 15 is 0 Å². The zero-order valence-electron chi connectivity index (χ0n) is 22.0. The molecule has 3 aromatic carbocycles. The SMILES string of the molecule is CC(=O)c1ccc(N2CCN(C(=O)CSC3=N/C(=C/c4ccccc4C)C(=O)N3c3ccccc3)CC2)cc1. The zero-order valence-corrected chi connectivity index (χ0v) is 22.9. The van der Waals surface area contributed by atoms with Crippen molar-refractivity contribution < 1.29 is 14.4 Å². The van der Waals surface area contributed by atoms with E-state index in [2.05, 4.69) is 9.89 Å². The maximum absolute atomic E-state index is 13.4. The summed E-state index contributed by atoms with van der Waals surface area (Å²) in [5.74, 6) is 0.0574. The van der Waals surface area contributed by atoms with Gasteiger partial charge in [0.1, 0.15) is 5.70 Å². The summed E-state index contributed by atoms with van der Waals surface area (Å²) in [4.78, 5) is 48.4. The van der Waals surface area contributed by atoms with Crippen LogP contribution in [0, 0.1) is 6.92 Å². The molecule has 0 N–H and O–H groups in total. The Kier molecular flexibility index (Phi) is 7.93. The quantitative estimate of drug-likeness (QED) is 0.325. The molecule has 5 rings (SSSR count). The fraction of sp³-hybridized carbons (Fsp3) is 0.226. The van der Waals surface area contributed by atoms with Crippen molar-refractivity contribution in [2.45, 2.75) is 13.8 Å². The highest BCUT2D eigenvalue weighted by Gasteiger charge is 2.33. The molecule has 39 heavy (non-hydrogen) atoms. The molecule has 0 aromatic heterocycles. The molecule has 0 spiro atoms. The minimum absolute atomic E-state index is 0.0195. The van der Waals surface area contributed by atoms with Gasteiger partial charge in [-0.05, 0) is 67.4 Å². The number of amidine groups is 1. The predicted molar refractivity (Wildman–Crippen MR) is 158 cm³/mol. The lowest BCUT2D eigenvalue weighted by Crippen LogP contribution is -2.49. The maximum Gasteiger partial charge on any atom is 0.283 e. The molecule has 0 aliphatic carbocycles. The number of carbonyl (C=O) groups excluding carboxylic acids is 3. The highest BCUT2D eigenvalue weighted by Crippen LogP contribution is 2.30. The number of Topliss-reactive ketones (excluding diaryl/α,β-unsaturated/α-hetero) is 1. The lowest BCUT2D eigenvalue weighted by Gasteiger charge is -2.36. The summed E-state index contributed by atoms with van der Waals surface area (Å²) in [7, 11) is 0. The third kappa shape index (κ3) is 5.96. The minimum atomic E-state index is -0.205. The van der Waals surface area contributed by atoms with Gasteiger partial charge in [-0.2, -0.15) is 0 Å². The first-order valence-corrected chi connectivity index (χ1v) is 13.9. The number of carbonyl (C=O) groups is 3. The second-order valence-corrected chi connectivity index (χ2v) is 10.5. The Morgan fingerprint density at radius 1 is 0.872 bits per heavy atom. The van der Waals surface area contributed by atoms with Gasteiger partial charge in [0, 0.05) is 37.4 Å². The number of hydrogen-bond donors (Lipinski definition) is 0. The van der Waals surface area contributed by atoms with Gasteiger partial charge in [-0.1, -0.05) is 54.2 Å². The van der Waals surface area contributed by atoms with Gasteiger partial charge >= 0.3 is 0 Å². The Morgan fingerprint density at radius 3 is 2.21 bits per heavy atom. The van der Waals surface area contributed by atoms with Gasteiger partial charge in [-0.25, -0.2) is 4.99 Å². The van der Waals surface area contributed by atoms with E-state index in [0.29, 0.717) is 42.6 Å². The molecule has 198 valence electrons. The van der Waals surface area contributed by atoms with Crippen LogP contribution >= 0.6 is 11.8 Å². The van der Waals surface area contributed by atoms with E-state index in [0.717, 1.165) is 22.5 Å². The van der Waals surface area contributed by atoms with Crippen LogP contribution in [0.25, 0.3) is 6.08 Å². The van der Waals surface area contributed by atoms with Gasteiger partial charge in [0.05, 0.1) is 11.4 Å². The minimum Gasteiger partial charge on any atom is -0.368 e. The van der Waals surface area contributed by atoms with Crippen LogP contribution in [0.3, 0.4) is 0 Å². The summed E-state index contributed by atoms with van der Waals surface area (Å²) in [6.45, 7) is 6.22. The summed E-state index contributed by atoms with van der Waals surface area (Å²) in [5, 5.41) is 0.503. The smallest absolute Gasteiger partial charge is 0.283 e. The Labute approximate surface area is 232 Å². The van der Waals surface area contributed by atoms with Crippen molar-refractivity contribution in [3.05, 3.63) is 101 Å². The van der Waals surface area contributed by atoms with Crippen LogP contribution in [-0.2, 0) is 9.59 Å². The summed E-state index contributed by atoms with van der Waals surface area (Å²) >= 11 is 1.29. The number of anilines is 2. The predicted octanol–water partition coefficient (Wildman–Crippen LogP) is 5.02. The number of rotatable bonds is 6. The number of hydrogen-bond acceptors (Lipinski definition) is 6. The van der Waals surface area contributed by atoms with Gasteiger partial charge in [0.25, 0.3) is 5.91 Å². The van der Waals surface area contributed by atoms with E-state index in [1.165, 1.54) is 11.8 Å². The van der Waals surface area contributed by atoms with Crippen molar-refractivity contribution in [1.82, 2.24) is 4.90 Å². The standard InChI is InChI=1S/C31H30N4O3S/c1-22-8-6-7-9-25(22)20-28-30(38)35(27-10-4-3-5-11-27)31(32-28)39-21-29(37)34-18-16-33(17-19-34)26-14-12-24(13-15-26)23(2)36/h3-15,20H,16-19,21H2,1-2H3/b28-20+. The van der Waals surface area contributed by atoms with Gasteiger partial charge in [0.15, 0.2) is 11.0 Å². The molecule has 8 heteroatoms. The molecule has 0 bridgehead atoms. The van der Waals surface area contributed by atoms with Crippen molar-refractivity contribution in [3.63, 3.8) is 0 Å². The normalized spacial score (nSPS) is 16.6. The number of aryl methyl sites for hydroxylation is 1. The number of para-hydroxylation sites is 1. The molecule has 1 saturated heterocycles. The molecular formula is C31H30N4O3S. The Hall–Kier alpha value is -4.17. The van der Waals surface area contributed by atoms with Crippen LogP contribution in [0.1, 0.15) is 28.4 Å². The topological polar surface area (TPSA) is 73.3 Å². The maximum atomic E-state index is 13.4. The molecule has 3 aromatic rings. The molecule has 2 amide bonds. The summed E-state index contributed by atoms with van der Waals surface area (Å²) in [6.07, 6.45) is 1.81. The lowest BCUT2D eigenvalue weighted by atomic mass is 10.1. The van der Waals surface area contributed by atoms with Crippen LogP contribution in [0.4, 0.5) is 11.4 Å². The number of benzene rings is 3. The number of aliphatic imine (C=N–C) groups is 1. The molecule has 0 saturated carbocycles. The van der Waals surface area contributed by atoms with E-state index in [1.807, 2.05) is 96.8 Å². The lowest BCUT2D eigenvalue weighted by molar-refractivity contribution is -0.128. The first-order valence-electron chi connectivity index (χ1n) is 12.9. The van der Waals surface area contributed by atoms with Crippen molar-refractivity contribution in [1.29, 1.82) is 0 Å². The number of piperazine rings is 1. The average molecular weight is 539 g/mol. The van der Waals surface area contributed by atoms with Crippen molar-refractivity contribution in [3.8, 4) is 0 Å². The highest BCUT2D eigenvalue weighted by atomic mass is 32.2. The van der Waals surface area contributed by atoms with E-state index in [-0.39, 0.29) is 23.4 Å². The largest absolute Gasteiger partial charge is 0.368 e.